The largest absolute Gasteiger partial charge is 0.496 e. The molecular weight excluding hydrogens is 384 g/mol. The number of rotatable bonds is 16. The van der Waals surface area contributed by atoms with Crippen LogP contribution < -0.4 is 9.47 Å². The van der Waals surface area contributed by atoms with E-state index >= 15 is 0 Å². The Kier molecular flexibility index (Phi) is 11.8. The first-order valence-electron chi connectivity index (χ1n) is 12.4. The van der Waals surface area contributed by atoms with Crippen molar-refractivity contribution in [2.75, 3.05) is 20.8 Å². The lowest BCUT2D eigenvalue weighted by atomic mass is 9.98. The molecule has 0 saturated heterocycles. The van der Waals surface area contributed by atoms with Gasteiger partial charge in [0.05, 0.1) is 20.3 Å². The highest BCUT2D eigenvalue weighted by Crippen LogP contribution is 2.36. The molecule has 0 radical (unpaired) electrons. The highest BCUT2D eigenvalue weighted by Gasteiger charge is 2.15. The van der Waals surface area contributed by atoms with Gasteiger partial charge in [-0.2, -0.15) is 0 Å². The van der Waals surface area contributed by atoms with E-state index in [9.17, 15) is 0 Å². The molecule has 0 bridgehead atoms. The fraction of sp³-hybridized carbons (Fsp3) is 0.643. The number of fused-ring (bicyclic) bond motifs is 1. The topological polar surface area (TPSA) is 27.7 Å². The Bertz CT molecular complexity index is 753. The van der Waals surface area contributed by atoms with E-state index in [1.54, 1.807) is 14.2 Å². The van der Waals surface area contributed by atoms with Crippen LogP contribution in [-0.4, -0.2) is 20.8 Å². The second kappa shape index (κ2) is 14.3. The summed E-state index contributed by atoms with van der Waals surface area (Å²) in [6.45, 7) is 7.60. The van der Waals surface area contributed by atoms with Crippen molar-refractivity contribution < 1.29 is 14.2 Å². The SMILES string of the molecule is CCCCCCCCCCC(OCCC(C)C)c1ccc2c(OC)ccc(OC)c2c1. The Balaban J connectivity index is 2.06. The molecule has 1 atom stereocenters. The molecule has 0 amide bonds. The average Bonchev–Trinajstić information content (AvgIpc) is 2.78. The summed E-state index contributed by atoms with van der Waals surface area (Å²) in [5.41, 5.74) is 1.24. The van der Waals surface area contributed by atoms with Gasteiger partial charge < -0.3 is 14.2 Å². The molecule has 0 N–H and O–H groups in total. The number of hydrogen-bond acceptors (Lipinski definition) is 3. The zero-order chi connectivity index (χ0) is 22.5. The van der Waals surface area contributed by atoms with Gasteiger partial charge in [-0.25, -0.2) is 0 Å². The fourth-order valence-corrected chi connectivity index (χ4v) is 4.12. The van der Waals surface area contributed by atoms with Crippen LogP contribution in [-0.2, 0) is 4.74 Å². The summed E-state index contributed by atoms with van der Waals surface area (Å²) in [6.07, 6.45) is 13.0. The van der Waals surface area contributed by atoms with Gasteiger partial charge in [-0.1, -0.05) is 84.3 Å². The Morgan fingerprint density at radius 3 is 1.94 bits per heavy atom. The van der Waals surface area contributed by atoms with Gasteiger partial charge in [0, 0.05) is 17.4 Å². The molecule has 174 valence electrons. The summed E-state index contributed by atoms with van der Waals surface area (Å²) in [5, 5.41) is 2.17. The molecule has 0 aromatic heterocycles. The molecule has 0 saturated carbocycles. The van der Waals surface area contributed by atoms with Crippen molar-refractivity contribution in [3.8, 4) is 11.5 Å². The van der Waals surface area contributed by atoms with Crippen LogP contribution in [0.5, 0.6) is 11.5 Å². The van der Waals surface area contributed by atoms with Crippen LogP contribution in [0.2, 0.25) is 0 Å². The summed E-state index contributed by atoms with van der Waals surface area (Å²) in [7, 11) is 3.44. The van der Waals surface area contributed by atoms with Crippen LogP contribution in [0.4, 0.5) is 0 Å². The molecule has 3 nitrogen and oxygen atoms in total. The van der Waals surface area contributed by atoms with E-state index < -0.39 is 0 Å². The quantitative estimate of drug-likeness (QED) is 0.251. The molecule has 0 aliphatic rings. The van der Waals surface area contributed by atoms with E-state index in [1.807, 2.05) is 12.1 Å². The van der Waals surface area contributed by atoms with Crippen molar-refractivity contribution >= 4 is 10.8 Å². The number of ether oxygens (including phenoxy) is 3. The molecule has 2 aromatic carbocycles. The zero-order valence-electron chi connectivity index (χ0n) is 20.5. The van der Waals surface area contributed by atoms with Crippen molar-refractivity contribution in [1.82, 2.24) is 0 Å². The Hall–Kier alpha value is -1.74. The predicted octanol–water partition coefficient (Wildman–Crippen LogP) is 8.49. The van der Waals surface area contributed by atoms with Crippen LogP contribution >= 0.6 is 0 Å². The molecule has 0 aliphatic carbocycles. The number of methoxy groups -OCH3 is 2. The number of unbranched alkanes of at least 4 members (excludes halogenated alkanes) is 7. The number of benzene rings is 2. The summed E-state index contributed by atoms with van der Waals surface area (Å²) in [5.74, 6) is 2.41. The van der Waals surface area contributed by atoms with Crippen LogP contribution in [0, 0.1) is 5.92 Å². The van der Waals surface area contributed by atoms with Gasteiger partial charge in [0.1, 0.15) is 11.5 Å². The van der Waals surface area contributed by atoms with Crippen LogP contribution in [0.25, 0.3) is 10.8 Å². The predicted molar refractivity (Wildman–Crippen MR) is 132 cm³/mol. The maximum Gasteiger partial charge on any atom is 0.126 e. The highest BCUT2D eigenvalue weighted by atomic mass is 16.5. The Morgan fingerprint density at radius 2 is 1.32 bits per heavy atom. The lowest BCUT2D eigenvalue weighted by Gasteiger charge is -2.20. The maximum atomic E-state index is 6.41. The van der Waals surface area contributed by atoms with Crippen molar-refractivity contribution in [1.29, 1.82) is 0 Å². The lowest BCUT2D eigenvalue weighted by Crippen LogP contribution is -2.08. The van der Waals surface area contributed by atoms with Crippen LogP contribution in [0.3, 0.4) is 0 Å². The van der Waals surface area contributed by atoms with E-state index in [0.717, 1.165) is 41.7 Å². The number of hydrogen-bond donors (Lipinski definition) is 0. The highest BCUT2D eigenvalue weighted by molar-refractivity contribution is 5.93. The normalized spacial score (nSPS) is 12.5. The molecule has 0 fully saturated rings. The molecule has 2 aromatic rings. The maximum absolute atomic E-state index is 6.41. The molecule has 3 heteroatoms. The van der Waals surface area contributed by atoms with Gasteiger partial charge in [-0.15, -0.1) is 0 Å². The van der Waals surface area contributed by atoms with Crippen LogP contribution in [0.15, 0.2) is 30.3 Å². The first-order chi connectivity index (χ1) is 15.1. The van der Waals surface area contributed by atoms with Gasteiger partial charge in [-0.05, 0) is 42.5 Å². The van der Waals surface area contributed by atoms with E-state index in [-0.39, 0.29) is 6.10 Å². The van der Waals surface area contributed by atoms with Gasteiger partial charge in [0.25, 0.3) is 0 Å². The first-order valence-corrected chi connectivity index (χ1v) is 12.4. The molecule has 2 rings (SSSR count). The third-order valence-corrected chi connectivity index (χ3v) is 6.11. The summed E-state index contributed by atoms with van der Waals surface area (Å²) >= 11 is 0. The second-order valence-electron chi connectivity index (χ2n) is 9.08. The van der Waals surface area contributed by atoms with Crippen molar-refractivity contribution in [3.63, 3.8) is 0 Å². The minimum atomic E-state index is 0.138. The molecule has 0 aliphatic heterocycles. The molecular formula is C28H44O3. The monoisotopic (exact) mass is 428 g/mol. The zero-order valence-corrected chi connectivity index (χ0v) is 20.5. The Labute approximate surface area is 190 Å². The summed E-state index contributed by atoms with van der Waals surface area (Å²) in [4.78, 5) is 0. The smallest absolute Gasteiger partial charge is 0.126 e. The van der Waals surface area contributed by atoms with Crippen LogP contribution in [0.1, 0.15) is 96.6 Å². The van der Waals surface area contributed by atoms with Gasteiger partial charge >= 0.3 is 0 Å². The molecule has 0 heterocycles. The first kappa shape index (κ1) is 25.5. The average molecular weight is 429 g/mol. The lowest BCUT2D eigenvalue weighted by molar-refractivity contribution is 0.0383. The van der Waals surface area contributed by atoms with E-state index in [0.29, 0.717) is 5.92 Å². The Morgan fingerprint density at radius 1 is 0.710 bits per heavy atom. The van der Waals surface area contributed by atoms with E-state index in [1.165, 1.54) is 56.9 Å². The van der Waals surface area contributed by atoms with Crippen molar-refractivity contribution in [2.24, 2.45) is 5.92 Å². The third kappa shape index (κ3) is 8.37. The van der Waals surface area contributed by atoms with Gasteiger partial charge in [0.2, 0.25) is 0 Å². The van der Waals surface area contributed by atoms with Gasteiger partial charge in [-0.3, -0.25) is 0 Å². The third-order valence-electron chi connectivity index (χ3n) is 6.11. The van der Waals surface area contributed by atoms with E-state index in [4.69, 9.17) is 14.2 Å². The van der Waals surface area contributed by atoms with Gasteiger partial charge in [0.15, 0.2) is 0 Å². The second-order valence-corrected chi connectivity index (χ2v) is 9.08. The van der Waals surface area contributed by atoms with Crippen molar-refractivity contribution in [3.05, 3.63) is 35.9 Å². The minimum absolute atomic E-state index is 0.138. The van der Waals surface area contributed by atoms with Crippen molar-refractivity contribution in [2.45, 2.75) is 91.1 Å². The van der Waals surface area contributed by atoms with E-state index in [2.05, 4.69) is 39.0 Å². The minimum Gasteiger partial charge on any atom is -0.496 e. The fourth-order valence-electron chi connectivity index (χ4n) is 4.12. The summed E-state index contributed by atoms with van der Waals surface area (Å²) in [6, 6.07) is 10.5. The molecule has 31 heavy (non-hydrogen) atoms. The molecule has 1 unspecified atom stereocenters. The standard InChI is InChI=1S/C28H44O3/c1-6-7-8-9-10-11-12-13-14-26(31-20-19-22(2)3)23-15-16-24-25(21-23)28(30-5)18-17-27(24)29-4/h15-18,21-22,26H,6-14,19-20H2,1-5H3. The molecule has 0 spiro atoms. The summed E-state index contributed by atoms with van der Waals surface area (Å²) < 4.78 is 17.6.